The molecule has 3 aromatic rings. The Bertz CT molecular complexity index is 956. The van der Waals surface area contributed by atoms with Crippen LogP contribution in [-0.4, -0.2) is 21.9 Å². The maximum atomic E-state index is 13.0. The largest absolute Gasteiger partial charge is 0.345 e. The lowest BCUT2D eigenvalue weighted by Gasteiger charge is -2.22. The third kappa shape index (κ3) is 6.21. The van der Waals surface area contributed by atoms with E-state index in [1.807, 2.05) is 41.3 Å². The number of unbranched alkanes of at least 4 members (excludes halogenated alkanes) is 2. The number of rotatable bonds is 10. The summed E-state index contributed by atoms with van der Waals surface area (Å²) in [7, 11) is 0. The van der Waals surface area contributed by atoms with Crippen LogP contribution in [0.1, 0.15) is 48.6 Å². The Morgan fingerprint density at radius 1 is 0.967 bits per heavy atom. The van der Waals surface area contributed by atoms with E-state index < -0.39 is 0 Å². The molecule has 0 aliphatic carbocycles. The molecule has 0 N–H and O–H groups in total. The summed E-state index contributed by atoms with van der Waals surface area (Å²) in [6.45, 7) is 6.57. The Morgan fingerprint density at radius 2 is 1.73 bits per heavy atom. The van der Waals surface area contributed by atoms with E-state index in [-0.39, 0.29) is 5.91 Å². The molecule has 0 spiro atoms. The van der Waals surface area contributed by atoms with Gasteiger partial charge in [-0.25, -0.2) is 0 Å². The van der Waals surface area contributed by atoms with Gasteiger partial charge in [-0.15, -0.1) is 0 Å². The van der Waals surface area contributed by atoms with Crippen LogP contribution >= 0.6 is 0 Å². The minimum absolute atomic E-state index is 0.0681. The number of benzene rings is 2. The first-order valence-electron chi connectivity index (χ1n) is 10.9. The number of hydrogen-bond donors (Lipinski definition) is 0. The molecule has 3 rings (SSSR count). The average molecular weight is 401 g/mol. The second kappa shape index (κ2) is 11.2. The van der Waals surface area contributed by atoms with Crippen LogP contribution in [0.4, 0.5) is 0 Å². The van der Waals surface area contributed by atoms with E-state index in [1.54, 1.807) is 6.08 Å². The predicted molar refractivity (Wildman–Crippen MR) is 125 cm³/mol. The van der Waals surface area contributed by atoms with Gasteiger partial charge in [0.1, 0.15) is 0 Å². The van der Waals surface area contributed by atoms with E-state index >= 15 is 0 Å². The molecule has 156 valence electrons. The zero-order valence-corrected chi connectivity index (χ0v) is 18.1. The molecule has 1 aromatic heterocycles. The second-order valence-corrected chi connectivity index (χ2v) is 7.76. The third-order valence-electron chi connectivity index (χ3n) is 5.44. The summed E-state index contributed by atoms with van der Waals surface area (Å²) in [4.78, 5) is 15.0. The molecule has 0 aliphatic heterocycles. The SMILES string of the molecule is CCCCCN(Cc1cccn1Cc1ccccc1C)C(=O)C=Cc1ccccc1. The van der Waals surface area contributed by atoms with Gasteiger partial charge in [0.05, 0.1) is 6.54 Å². The van der Waals surface area contributed by atoms with Gasteiger partial charge in [-0.2, -0.15) is 0 Å². The van der Waals surface area contributed by atoms with Gasteiger partial charge in [-0.3, -0.25) is 4.79 Å². The Labute approximate surface area is 180 Å². The van der Waals surface area contributed by atoms with Gasteiger partial charge in [0.25, 0.3) is 0 Å². The summed E-state index contributed by atoms with van der Waals surface area (Å²) in [5, 5.41) is 0. The molecule has 0 saturated heterocycles. The number of nitrogens with zero attached hydrogens (tertiary/aromatic N) is 2. The van der Waals surface area contributed by atoms with Gasteiger partial charge < -0.3 is 9.47 Å². The topological polar surface area (TPSA) is 25.2 Å². The summed E-state index contributed by atoms with van der Waals surface area (Å²) < 4.78 is 2.25. The number of carbonyl (C=O) groups excluding carboxylic acids is 1. The van der Waals surface area contributed by atoms with E-state index in [1.165, 1.54) is 11.1 Å². The van der Waals surface area contributed by atoms with Crippen molar-refractivity contribution < 1.29 is 4.79 Å². The Kier molecular flexibility index (Phi) is 8.08. The van der Waals surface area contributed by atoms with Crippen LogP contribution in [-0.2, 0) is 17.9 Å². The van der Waals surface area contributed by atoms with Crippen LogP contribution < -0.4 is 0 Å². The molecule has 0 fully saturated rings. The molecule has 0 aliphatic rings. The van der Waals surface area contributed by atoms with Gasteiger partial charge in [0.2, 0.25) is 5.91 Å². The van der Waals surface area contributed by atoms with Crippen LogP contribution in [0.2, 0.25) is 0 Å². The summed E-state index contributed by atoms with van der Waals surface area (Å²) in [6, 6.07) is 22.7. The summed E-state index contributed by atoms with van der Waals surface area (Å²) >= 11 is 0. The summed E-state index contributed by atoms with van der Waals surface area (Å²) in [6.07, 6.45) is 9.02. The van der Waals surface area contributed by atoms with Gasteiger partial charge in [-0.1, -0.05) is 74.4 Å². The van der Waals surface area contributed by atoms with Crippen molar-refractivity contribution in [1.82, 2.24) is 9.47 Å². The number of aromatic nitrogens is 1. The zero-order valence-electron chi connectivity index (χ0n) is 18.1. The van der Waals surface area contributed by atoms with E-state index in [4.69, 9.17) is 0 Å². The number of carbonyl (C=O) groups is 1. The summed E-state index contributed by atoms with van der Waals surface area (Å²) in [5.41, 5.74) is 4.81. The molecule has 3 nitrogen and oxygen atoms in total. The van der Waals surface area contributed by atoms with Crippen molar-refractivity contribution in [2.45, 2.75) is 46.2 Å². The second-order valence-electron chi connectivity index (χ2n) is 7.76. The lowest BCUT2D eigenvalue weighted by molar-refractivity contribution is -0.126. The van der Waals surface area contributed by atoms with Crippen LogP contribution in [0.25, 0.3) is 6.08 Å². The average Bonchev–Trinajstić information content (AvgIpc) is 3.20. The van der Waals surface area contributed by atoms with Gasteiger partial charge in [-0.05, 0) is 48.2 Å². The quantitative estimate of drug-likeness (QED) is 0.299. The molecule has 0 saturated carbocycles. The normalized spacial score (nSPS) is 11.1. The monoisotopic (exact) mass is 400 g/mol. The molecule has 3 heteroatoms. The Balaban J connectivity index is 1.73. The van der Waals surface area contributed by atoms with Crippen molar-refractivity contribution >= 4 is 12.0 Å². The molecule has 0 atom stereocenters. The Hall–Kier alpha value is -3.07. The number of aryl methyl sites for hydroxylation is 1. The van der Waals surface area contributed by atoms with Crippen LogP contribution in [0, 0.1) is 6.92 Å². The van der Waals surface area contributed by atoms with Crippen molar-refractivity contribution in [2.75, 3.05) is 6.54 Å². The molecule has 30 heavy (non-hydrogen) atoms. The van der Waals surface area contributed by atoms with E-state index in [2.05, 4.69) is 61.0 Å². The molecule has 1 heterocycles. The molecule has 1 amide bonds. The van der Waals surface area contributed by atoms with Crippen LogP contribution in [0.5, 0.6) is 0 Å². The lowest BCUT2D eigenvalue weighted by atomic mass is 10.1. The minimum Gasteiger partial charge on any atom is -0.345 e. The van der Waals surface area contributed by atoms with Crippen molar-refractivity contribution in [3.63, 3.8) is 0 Å². The number of amides is 1. The Morgan fingerprint density at radius 3 is 2.50 bits per heavy atom. The highest BCUT2D eigenvalue weighted by Gasteiger charge is 2.14. The standard InChI is InChI=1S/C27H32N2O/c1-3-4-10-19-29(27(30)18-17-24-13-6-5-7-14-24)22-26-16-11-20-28(26)21-25-15-9-8-12-23(25)2/h5-9,11-18,20H,3-4,10,19,21-22H2,1-2H3. The smallest absolute Gasteiger partial charge is 0.246 e. The molecule has 0 radical (unpaired) electrons. The molecular weight excluding hydrogens is 368 g/mol. The molecule has 0 unspecified atom stereocenters. The molecular formula is C27H32N2O. The minimum atomic E-state index is 0.0681. The van der Waals surface area contributed by atoms with Crippen LogP contribution in [0.15, 0.2) is 79.0 Å². The fraction of sp³-hybridized carbons (Fsp3) is 0.296. The van der Waals surface area contributed by atoms with Crippen molar-refractivity contribution in [3.8, 4) is 0 Å². The fourth-order valence-electron chi connectivity index (χ4n) is 3.57. The lowest BCUT2D eigenvalue weighted by Crippen LogP contribution is -2.31. The summed E-state index contributed by atoms with van der Waals surface area (Å²) in [5.74, 6) is 0.0681. The molecule has 2 aromatic carbocycles. The van der Waals surface area contributed by atoms with Gasteiger partial charge in [0, 0.05) is 31.1 Å². The maximum Gasteiger partial charge on any atom is 0.246 e. The van der Waals surface area contributed by atoms with Crippen LogP contribution in [0.3, 0.4) is 0 Å². The first-order chi connectivity index (χ1) is 14.7. The van der Waals surface area contributed by atoms with Crippen molar-refractivity contribution in [2.24, 2.45) is 0 Å². The molecule has 0 bridgehead atoms. The first-order valence-corrected chi connectivity index (χ1v) is 10.9. The van der Waals surface area contributed by atoms with E-state index in [9.17, 15) is 4.79 Å². The number of hydrogen-bond acceptors (Lipinski definition) is 1. The van der Waals surface area contributed by atoms with Crippen molar-refractivity contribution in [1.29, 1.82) is 0 Å². The van der Waals surface area contributed by atoms with E-state index in [0.29, 0.717) is 6.54 Å². The highest BCUT2D eigenvalue weighted by atomic mass is 16.2. The predicted octanol–water partition coefficient (Wildman–Crippen LogP) is 6.08. The third-order valence-corrected chi connectivity index (χ3v) is 5.44. The highest BCUT2D eigenvalue weighted by molar-refractivity contribution is 5.91. The van der Waals surface area contributed by atoms with Gasteiger partial charge >= 0.3 is 0 Å². The van der Waals surface area contributed by atoms with Gasteiger partial charge in [0.15, 0.2) is 0 Å². The maximum absolute atomic E-state index is 13.0. The fourth-order valence-corrected chi connectivity index (χ4v) is 3.57. The zero-order chi connectivity index (χ0) is 21.2. The van der Waals surface area contributed by atoms with Crippen molar-refractivity contribution in [3.05, 3.63) is 101 Å². The van der Waals surface area contributed by atoms with E-state index in [0.717, 1.165) is 43.6 Å². The first kappa shape index (κ1) is 21.6. The highest BCUT2D eigenvalue weighted by Crippen LogP contribution is 2.15.